The minimum Gasteiger partial charge on any atom is -0.452 e. The number of para-hydroxylation sites is 1. The van der Waals surface area contributed by atoms with Crippen molar-refractivity contribution in [3.8, 4) is 11.1 Å². The molecule has 1 heteroatoms. The maximum Gasteiger partial charge on any atom is 0.179 e. The van der Waals surface area contributed by atoms with E-state index in [1.54, 1.807) is 0 Å². The predicted molar refractivity (Wildman–Crippen MR) is 113 cm³/mol. The summed E-state index contributed by atoms with van der Waals surface area (Å²) in [5.74, 6) is 0. The van der Waals surface area contributed by atoms with E-state index in [1.807, 2.05) is 18.2 Å². The van der Waals surface area contributed by atoms with E-state index >= 15 is 0 Å². The van der Waals surface area contributed by atoms with Crippen LogP contribution in [0.15, 0.2) is 95.4 Å². The molecule has 125 valence electrons. The van der Waals surface area contributed by atoms with Gasteiger partial charge in [0.25, 0.3) is 0 Å². The highest BCUT2D eigenvalue weighted by molar-refractivity contribution is 6.20. The van der Waals surface area contributed by atoms with Gasteiger partial charge >= 0.3 is 0 Å². The van der Waals surface area contributed by atoms with Crippen molar-refractivity contribution in [2.24, 2.45) is 0 Å². The molecule has 1 radical (unpaired) electrons. The molecule has 0 aliphatic rings. The van der Waals surface area contributed by atoms with Gasteiger partial charge in [0.2, 0.25) is 0 Å². The van der Waals surface area contributed by atoms with E-state index in [9.17, 15) is 0 Å². The second kappa shape index (κ2) is 5.46. The van der Waals surface area contributed by atoms with Crippen LogP contribution < -0.4 is 0 Å². The van der Waals surface area contributed by atoms with Crippen molar-refractivity contribution in [3.63, 3.8) is 0 Å². The van der Waals surface area contributed by atoms with Crippen LogP contribution in [0.2, 0.25) is 0 Å². The van der Waals surface area contributed by atoms with Crippen molar-refractivity contribution >= 4 is 43.3 Å². The Labute approximate surface area is 156 Å². The summed E-state index contributed by atoms with van der Waals surface area (Å²) in [5, 5.41) is 8.72. The zero-order chi connectivity index (χ0) is 17.8. The molecule has 0 aliphatic carbocycles. The van der Waals surface area contributed by atoms with Crippen LogP contribution in [0.4, 0.5) is 0 Å². The summed E-state index contributed by atoms with van der Waals surface area (Å²) in [6.45, 7) is 0. The summed E-state index contributed by atoms with van der Waals surface area (Å²) in [5.41, 5.74) is 3.06. The molecule has 0 aliphatic heterocycles. The van der Waals surface area contributed by atoms with Gasteiger partial charge in [0.15, 0.2) is 6.26 Å². The highest BCUT2D eigenvalue weighted by Crippen LogP contribution is 2.38. The molecule has 0 unspecified atom stereocenters. The number of furan rings is 1. The molecule has 0 saturated heterocycles. The van der Waals surface area contributed by atoms with Crippen LogP contribution in [0.25, 0.3) is 54.4 Å². The first-order valence-corrected chi connectivity index (χ1v) is 9.13. The smallest absolute Gasteiger partial charge is 0.179 e. The van der Waals surface area contributed by atoms with Gasteiger partial charge in [-0.1, -0.05) is 84.9 Å². The van der Waals surface area contributed by atoms with Crippen molar-refractivity contribution in [1.29, 1.82) is 0 Å². The molecule has 0 fully saturated rings. The minimum atomic E-state index is 0.872. The highest BCUT2D eigenvalue weighted by Gasteiger charge is 2.13. The van der Waals surface area contributed by atoms with Crippen molar-refractivity contribution in [3.05, 3.63) is 97.3 Å². The maximum atomic E-state index is 5.67. The number of hydrogen-bond acceptors (Lipinski definition) is 1. The summed E-state index contributed by atoms with van der Waals surface area (Å²) in [7, 11) is 0. The van der Waals surface area contributed by atoms with Crippen molar-refractivity contribution in [2.45, 2.75) is 0 Å². The second-order valence-corrected chi connectivity index (χ2v) is 6.92. The van der Waals surface area contributed by atoms with Gasteiger partial charge < -0.3 is 4.42 Å². The van der Waals surface area contributed by atoms with E-state index in [4.69, 9.17) is 4.42 Å². The van der Waals surface area contributed by atoms with Gasteiger partial charge in [-0.25, -0.2) is 0 Å². The van der Waals surface area contributed by atoms with Gasteiger partial charge in [0.1, 0.15) is 5.58 Å². The summed E-state index contributed by atoms with van der Waals surface area (Å²) in [4.78, 5) is 0. The lowest BCUT2D eigenvalue weighted by atomic mass is 9.92. The summed E-state index contributed by atoms with van der Waals surface area (Å²) < 4.78 is 5.67. The Kier molecular flexibility index (Phi) is 2.95. The largest absolute Gasteiger partial charge is 0.452 e. The standard InChI is InChI=1S/C26H15O/c1-2-7-18-17(6-1)12-13-22-19-9-5-10-20(23(19)15-14-21(18)22)25-16-27-26-11-4-3-8-24(25)26/h1-15H. The Morgan fingerprint density at radius 3 is 2.11 bits per heavy atom. The third kappa shape index (κ3) is 2.06. The Morgan fingerprint density at radius 1 is 0.481 bits per heavy atom. The molecule has 0 spiro atoms. The van der Waals surface area contributed by atoms with Gasteiger partial charge in [0, 0.05) is 10.9 Å². The molecule has 0 N–H and O–H groups in total. The van der Waals surface area contributed by atoms with Gasteiger partial charge in [-0.05, 0) is 43.9 Å². The Morgan fingerprint density at radius 2 is 1.15 bits per heavy atom. The average Bonchev–Trinajstić information content (AvgIpc) is 3.17. The van der Waals surface area contributed by atoms with E-state index in [0.29, 0.717) is 0 Å². The lowest BCUT2D eigenvalue weighted by Crippen LogP contribution is -1.84. The topological polar surface area (TPSA) is 13.1 Å². The maximum absolute atomic E-state index is 5.67. The molecule has 5 aromatic carbocycles. The number of hydrogen-bond donors (Lipinski definition) is 0. The molecule has 6 rings (SSSR count). The molecular formula is C26H15O. The summed E-state index contributed by atoms with van der Waals surface area (Å²) >= 11 is 0. The highest BCUT2D eigenvalue weighted by atomic mass is 16.3. The van der Waals surface area contributed by atoms with E-state index < -0.39 is 0 Å². The second-order valence-electron chi connectivity index (χ2n) is 6.92. The molecule has 0 amide bonds. The first kappa shape index (κ1) is 14.6. The molecule has 1 aromatic heterocycles. The van der Waals surface area contributed by atoms with Crippen LogP contribution in [0.5, 0.6) is 0 Å². The van der Waals surface area contributed by atoms with Crippen LogP contribution in [0.1, 0.15) is 0 Å². The van der Waals surface area contributed by atoms with E-state index in [0.717, 1.165) is 22.1 Å². The van der Waals surface area contributed by atoms with E-state index in [2.05, 4.69) is 79.1 Å². The van der Waals surface area contributed by atoms with Gasteiger partial charge in [-0.15, -0.1) is 0 Å². The third-order valence-electron chi connectivity index (χ3n) is 5.47. The minimum absolute atomic E-state index is 0.872. The number of benzene rings is 5. The Balaban J connectivity index is 1.73. The van der Waals surface area contributed by atoms with Crippen molar-refractivity contribution in [1.82, 2.24) is 0 Å². The molecule has 27 heavy (non-hydrogen) atoms. The van der Waals surface area contributed by atoms with Crippen LogP contribution in [0, 0.1) is 6.26 Å². The van der Waals surface area contributed by atoms with E-state index in [1.165, 1.54) is 32.3 Å². The molecule has 0 saturated carbocycles. The van der Waals surface area contributed by atoms with E-state index in [-0.39, 0.29) is 0 Å². The quantitative estimate of drug-likeness (QED) is 0.284. The Bertz CT molecular complexity index is 1470. The summed E-state index contributed by atoms with van der Waals surface area (Å²) in [6.07, 6.45) is 3.12. The van der Waals surface area contributed by atoms with Crippen LogP contribution in [-0.4, -0.2) is 0 Å². The third-order valence-corrected chi connectivity index (χ3v) is 5.47. The molecule has 6 aromatic rings. The van der Waals surface area contributed by atoms with Crippen molar-refractivity contribution in [2.75, 3.05) is 0 Å². The first-order chi connectivity index (χ1) is 13.4. The lowest BCUT2D eigenvalue weighted by molar-refractivity contribution is 0.607. The molecule has 0 atom stereocenters. The molecule has 0 bridgehead atoms. The van der Waals surface area contributed by atoms with Crippen LogP contribution in [0.3, 0.4) is 0 Å². The predicted octanol–water partition coefficient (Wildman–Crippen LogP) is 7.36. The zero-order valence-corrected chi connectivity index (χ0v) is 14.6. The van der Waals surface area contributed by atoms with Gasteiger partial charge in [-0.2, -0.15) is 0 Å². The molecular weight excluding hydrogens is 328 g/mol. The zero-order valence-electron chi connectivity index (χ0n) is 14.6. The average molecular weight is 343 g/mol. The summed E-state index contributed by atoms with van der Waals surface area (Å²) in [6, 6.07) is 32.1. The Hall–Kier alpha value is -3.58. The molecule has 1 heterocycles. The normalized spacial score (nSPS) is 11.7. The van der Waals surface area contributed by atoms with Crippen LogP contribution >= 0.6 is 0 Å². The fraction of sp³-hybridized carbons (Fsp3) is 0. The fourth-order valence-electron chi connectivity index (χ4n) is 4.20. The van der Waals surface area contributed by atoms with Gasteiger partial charge in [0.05, 0.1) is 0 Å². The van der Waals surface area contributed by atoms with Crippen LogP contribution in [-0.2, 0) is 0 Å². The molecule has 1 nitrogen and oxygen atoms in total. The number of fused-ring (bicyclic) bond motifs is 6. The monoisotopic (exact) mass is 343 g/mol. The first-order valence-electron chi connectivity index (χ1n) is 9.13. The lowest BCUT2D eigenvalue weighted by Gasteiger charge is -2.10. The SMILES string of the molecule is [c]1oc2ccccc2c1-c1cccc2c1ccc1c3ccccc3ccc21. The van der Waals surface area contributed by atoms with Gasteiger partial charge in [-0.3, -0.25) is 0 Å². The fourth-order valence-corrected chi connectivity index (χ4v) is 4.20. The number of rotatable bonds is 1. The van der Waals surface area contributed by atoms with Crippen molar-refractivity contribution < 1.29 is 4.42 Å².